The number of aliphatic carboxylic acids is 1. The third-order valence-corrected chi connectivity index (χ3v) is 3.24. The van der Waals surface area contributed by atoms with Crippen LogP contribution in [0.2, 0.25) is 0 Å². The van der Waals surface area contributed by atoms with E-state index in [-0.39, 0.29) is 12.1 Å². The number of fused-ring (bicyclic) bond motifs is 1. The number of amides is 1. The minimum absolute atomic E-state index is 0.0358. The molecule has 6 heteroatoms. The molecule has 0 aliphatic carbocycles. The van der Waals surface area contributed by atoms with E-state index in [1.807, 2.05) is 36.4 Å². The van der Waals surface area contributed by atoms with Gasteiger partial charge in [0.15, 0.2) is 0 Å². The monoisotopic (exact) mass is 284 g/mol. The summed E-state index contributed by atoms with van der Waals surface area (Å²) in [7, 11) is 0. The molecular weight excluding hydrogens is 272 g/mol. The Balaban J connectivity index is 1.80. The fourth-order valence-electron chi connectivity index (χ4n) is 2.17. The predicted molar refractivity (Wildman–Crippen MR) is 77.1 cm³/mol. The van der Waals surface area contributed by atoms with Gasteiger partial charge in [-0.3, -0.25) is 4.79 Å². The zero-order chi connectivity index (χ0) is 14.8. The summed E-state index contributed by atoms with van der Waals surface area (Å²) in [6, 6.07) is 13.2. The maximum atomic E-state index is 12.1. The molecule has 3 rings (SSSR count). The highest BCUT2D eigenvalue weighted by molar-refractivity contribution is 6.44. The van der Waals surface area contributed by atoms with Gasteiger partial charge in [-0.05, 0) is 11.5 Å². The minimum Gasteiger partial charge on any atom is -0.478 e. The SMILES string of the molecule is O=C(Nc1cccc2ccccc12)C1=NOC(C(=O)O)C1. The molecule has 2 aromatic carbocycles. The fourth-order valence-corrected chi connectivity index (χ4v) is 2.17. The molecule has 2 N–H and O–H groups in total. The van der Waals surface area contributed by atoms with Crippen molar-refractivity contribution in [1.82, 2.24) is 0 Å². The lowest BCUT2D eigenvalue weighted by Gasteiger charge is -2.07. The summed E-state index contributed by atoms with van der Waals surface area (Å²) < 4.78 is 0. The smallest absolute Gasteiger partial charge is 0.348 e. The summed E-state index contributed by atoms with van der Waals surface area (Å²) >= 11 is 0. The second kappa shape index (κ2) is 5.24. The van der Waals surface area contributed by atoms with E-state index in [1.54, 1.807) is 6.07 Å². The Kier molecular flexibility index (Phi) is 3.27. The highest BCUT2D eigenvalue weighted by atomic mass is 16.7. The Bertz CT molecular complexity index is 749. The zero-order valence-electron chi connectivity index (χ0n) is 10.9. The van der Waals surface area contributed by atoms with Crippen molar-refractivity contribution in [1.29, 1.82) is 0 Å². The van der Waals surface area contributed by atoms with Crippen molar-refractivity contribution in [2.24, 2.45) is 5.16 Å². The van der Waals surface area contributed by atoms with Crippen molar-refractivity contribution in [2.45, 2.75) is 12.5 Å². The van der Waals surface area contributed by atoms with Gasteiger partial charge < -0.3 is 15.3 Å². The number of oxime groups is 1. The van der Waals surface area contributed by atoms with Gasteiger partial charge >= 0.3 is 5.97 Å². The van der Waals surface area contributed by atoms with Crippen LogP contribution in [0.3, 0.4) is 0 Å². The van der Waals surface area contributed by atoms with Gasteiger partial charge in [-0.25, -0.2) is 4.79 Å². The Hall–Kier alpha value is -2.89. The highest BCUT2D eigenvalue weighted by Crippen LogP contribution is 2.23. The van der Waals surface area contributed by atoms with Crippen molar-refractivity contribution in [3.8, 4) is 0 Å². The number of anilines is 1. The molecule has 1 unspecified atom stereocenters. The van der Waals surface area contributed by atoms with Crippen LogP contribution in [-0.2, 0) is 14.4 Å². The Labute approximate surface area is 120 Å². The summed E-state index contributed by atoms with van der Waals surface area (Å²) in [6.45, 7) is 0. The maximum absolute atomic E-state index is 12.1. The molecule has 2 aromatic rings. The summed E-state index contributed by atoms with van der Waals surface area (Å²) in [5, 5.41) is 17.0. The number of rotatable bonds is 3. The van der Waals surface area contributed by atoms with Crippen molar-refractivity contribution >= 4 is 34.0 Å². The van der Waals surface area contributed by atoms with E-state index in [4.69, 9.17) is 9.94 Å². The molecule has 1 aliphatic heterocycles. The van der Waals surface area contributed by atoms with Gasteiger partial charge in [-0.15, -0.1) is 0 Å². The van der Waals surface area contributed by atoms with E-state index in [0.29, 0.717) is 5.69 Å². The number of carbonyl (C=O) groups is 2. The first kappa shape index (κ1) is 13.1. The molecule has 6 nitrogen and oxygen atoms in total. The van der Waals surface area contributed by atoms with Gasteiger partial charge in [-0.1, -0.05) is 41.6 Å². The molecule has 1 atom stereocenters. The fraction of sp³-hybridized carbons (Fsp3) is 0.133. The van der Waals surface area contributed by atoms with Crippen LogP contribution < -0.4 is 5.32 Å². The van der Waals surface area contributed by atoms with Gasteiger partial charge in [0.25, 0.3) is 5.91 Å². The maximum Gasteiger partial charge on any atom is 0.348 e. The summed E-state index contributed by atoms with van der Waals surface area (Å²) in [6.07, 6.45) is -1.12. The van der Waals surface area contributed by atoms with Crippen LogP contribution in [0.5, 0.6) is 0 Å². The average molecular weight is 284 g/mol. The third kappa shape index (κ3) is 2.55. The minimum atomic E-state index is -1.13. The number of nitrogens with zero attached hydrogens (tertiary/aromatic N) is 1. The molecule has 0 radical (unpaired) electrons. The van der Waals surface area contributed by atoms with Crippen LogP contribution >= 0.6 is 0 Å². The molecule has 0 aromatic heterocycles. The molecule has 0 bridgehead atoms. The highest BCUT2D eigenvalue weighted by Gasteiger charge is 2.31. The lowest BCUT2D eigenvalue weighted by atomic mass is 10.1. The number of carboxylic acids is 1. The molecule has 0 saturated carbocycles. The molecule has 21 heavy (non-hydrogen) atoms. The van der Waals surface area contributed by atoms with Crippen LogP contribution in [0.1, 0.15) is 6.42 Å². The second-order valence-corrected chi connectivity index (χ2v) is 4.66. The first-order valence-corrected chi connectivity index (χ1v) is 6.40. The number of hydrogen-bond acceptors (Lipinski definition) is 4. The number of benzene rings is 2. The normalized spacial score (nSPS) is 17.1. The summed E-state index contributed by atoms with van der Waals surface area (Å²) in [5.74, 6) is -1.58. The lowest BCUT2D eigenvalue weighted by molar-refractivity contribution is -0.148. The lowest BCUT2D eigenvalue weighted by Crippen LogP contribution is -2.26. The van der Waals surface area contributed by atoms with Gasteiger partial charge in [0.2, 0.25) is 6.10 Å². The van der Waals surface area contributed by atoms with Gasteiger partial charge in [0.05, 0.1) is 0 Å². The zero-order valence-corrected chi connectivity index (χ0v) is 10.9. The Morgan fingerprint density at radius 3 is 2.71 bits per heavy atom. The second-order valence-electron chi connectivity index (χ2n) is 4.66. The molecule has 0 saturated heterocycles. The van der Waals surface area contributed by atoms with Gasteiger partial charge in [-0.2, -0.15) is 0 Å². The largest absolute Gasteiger partial charge is 0.478 e. The van der Waals surface area contributed by atoms with Crippen LogP contribution in [0, 0.1) is 0 Å². The standard InChI is InChI=1S/C15H12N2O4/c18-14(12-8-13(15(19)20)21-17-12)16-11-7-3-5-9-4-1-2-6-10(9)11/h1-7,13H,8H2,(H,16,18)(H,19,20). The molecule has 0 spiro atoms. The van der Waals surface area contributed by atoms with Crippen molar-refractivity contribution in [3.05, 3.63) is 42.5 Å². The van der Waals surface area contributed by atoms with Gasteiger partial charge in [0.1, 0.15) is 5.71 Å². The van der Waals surface area contributed by atoms with E-state index in [2.05, 4.69) is 10.5 Å². The van der Waals surface area contributed by atoms with Crippen molar-refractivity contribution < 1.29 is 19.5 Å². The number of hydrogen-bond donors (Lipinski definition) is 2. The molecule has 1 aliphatic rings. The third-order valence-electron chi connectivity index (χ3n) is 3.24. The van der Waals surface area contributed by atoms with Gasteiger partial charge in [0, 0.05) is 17.5 Å². The van der Waals surface area contributed by atoms with Crippen LogP contribution in [0.15, 0.2) is 47.6 Å². The Morgan fingerprint density at radius 2 is 1.95 bits per heavy atom. The molecule has 0 fully saturated rings. The van der Waals surface area contributed by atoms with E-state index in [1.165, 1.54) is 0 Å². The van der Waals surface area contributed by atoms with E-state index in [0.717, 1.165) is 10.8 Å². The van der Waals surface area contributed by atoms with Crippen molar-refractivity contribution in [2.75, 3.05) is 5.32 Å². The van der Waals surface area contributed by atoms with E-state index < -0.39 is 18.0 Å². The van der Waals surface area contributed by atoms with E-state index in [9.17, 15) is 9.59 Å². The van der Waals surface area contributed by atoms with Crippen LogP contribution in [0.4, 0.5) is 5.69 Å². The predicted octanol–water partition coefficient (Wildman–Crippen LogP) is 2.01. The van der Waals surface area contributed by atoms with Crippen LogP contribution in [-0.4, -0.2) is 28.8 Å². The first-order chi connectivity index (χ1) is 10.1. The Morgan fingerprint density at radius 1 is 1.19 bits per heavy atom. The van der Waals surface area contributed by atoms with E-state index >= 15 is 0 Å². The number of carboxylic acid groups (broad SMARTS) is 1. The van der Waals surface area contributed by atoms with Crippen LogP contribution in [0.25, 0.3) is 10.8 Å². The summed E-state index contributed by atoms with van der Waals surface area (Å²) in [5.41, 5.74) is 0.731. The number of nitrogens with one attached hydrogen (secondary N) is 1. The average Bonchev–Trinajstić information content (AvgIpc) is 2.98. The number of carbonyl (C=O) groups excluding carboxylic acids is 1. The molecular formula is C15H12N2O4. The topological polar surface area (TPSA) is 88.0 Å². The van der Waals surface area contributed by atoms with Crippen molar-refractivity contribution in [3.63, 3.8) is 0 Å². The quantitative estimate of drug-likeness (QED) is 0.902. The molecule has 106 valence electrons. The molecule has 1 amide bonds. The summed E-state index contributed by atoms with van der Waals surface area (Å²) in [4.78, 5) is 27.6. The molecule has 1 heterocycles. The first-order valence-electron chi connectivity index (χ1n) is 6.40.